The van der Waals surface area contributed by atoms with Crippen LogP contribution in [0, 0.1) is 12.8 Å². The molecule has 0 unspecified atom stereocenters. The van der Waals surface area contributed by atoms with Crippen molar-refractivity contribution in [3.05, 3.63) is 6.92 Å². The average Bonchev–Trinajstić information content (AvgIpc) is 2.35. The lowest BCUT2D eigenvalue weighted by molar-refractivity contribution is 0.376. The lowest BCUT2D eigenvalue weighted by Crippen LogP contribution is -2.00. The van der Waals surface area contributed by atoms with Gasteiger partial charge in [-0.2, -0.15) is 0 Å². The van der Waals surface area contributed by atoms with Crippen molar-refractivity contribution in [2.24, 2.45) is 5.92 Å². The van der Waals surface area contributed by atoms with E-state index in [0.717, 1.165) is 12.3 Å². The minimum absolute atomic E-state index is 1.03. The van der Waals surface area contributed by atoms with Crippen molar-refractivity contribution in [3.63, 3.8) is 0 Å². The molecule has 0 heteroatoms. The van der Waals surface area contributed by atoms with Gasteiger partial charge in [0.15, 0.2) is 0 Å². The van der Waals surface area contributed by atoms with Gasteiger partial charge in [0.2, 0.25) is 0 Å². The molecular weight excluding hydrogens is 204 g/mol. The molecule has 0 aromatic heterocycles. The lowest BCUT2D eigenvalue weighted by Gasteiger charge is -2.16. The minimum Gasteiger partial charge on any atom is -0.0654 e. The Morgan fingerprint density at radius 3 is 1.65 bits per heavy atom. The van der Waals surface area contributed by atoms with Gasteiger partial charge in [0.1, 0.15) is 0 Å². The van der Waals surface area contributed by atoms with Crippen molar-refractivity contribution in [2.45, 2.75) is 97.3 Å². The van der Waals surface area contributed by atoms with Crippen molar-refractivity contribution < 1.29 is 0 Å². The molecule has 17 heavy (non-hydrogen) atoms. The Bertz CT molecular complexity index is 120. The molecule has 0 aromatic carbocycles. The van der Waals surface area contributed by atoms with Gasteiger partial charge in [-0.1, -0.05) is 104 Å². The zero-order valence-electron chi connectivity index (χ0n) is 12.5. The van der Waals surface area contributed by atoms with Crippen LogP contribution < -0.4 is 0 Å². The highest BCUT2D eigenvalue weighted by Crippen LogP contribution is 2.22. The monoisotopic (exact) mass is 239 g/mol. The van der Waals surface area contributed by atoms with Crippen LogP contribution in [0.15, 0.2) is 0 Å². The summed E-state index contributed by atoms with van der Waals surface area (Å²) in [5.74, 6) is 1.03. The smallest absolute Gasteiger partial charge is 0.0414 e. The molecular formula is C17H35. The first-order valence-corrected chi connectivity index (χ1v) is 8.14. The standard InChI is InChI=1S/C17H35/c1-4-7-10-11-12-13-16-17(14-8-5-2)15-9-6-3/h17H,1,4-16H2,2-3H3. The van der Waals surface area contributed by atoms with E-state index in [1.165, 1.54) is 77.0 Å². The predicted octanol–water partition coefficient (Wildman–Crippen LogP) is 6.55. The van der Waals surface area contributed by atoms with Gasteiger partial charge in [-0.25, -0.2) is 0 Å². The molecule has 0 saturated carbocycles. The molecule has 0 atom stereocenters. The summed E-state index contributed by atoms with van der Waals surface area (Å²) in [6.07, 6.45) is 18.3. The number of hydrogen-bond donors (Lipinski definition) is 0. The van der Waals surface area contributed by atoms with Crippen LogP contribution >= 0.6 is 0 Å². The van der Waals surface area contributed by atoms with Gasteiger partial charge in [0.05, 0.1) is 0 Å². The third-order valence-corrected chi connectivity index (χ3v) is 3.79. The molecule has 0 N–H and O–H groups in total. The van der Waals surface area contributed by atoms with E-state index in [4.69, 9.17) is 0 Å². The fraction of sp³-hybridized carbons (Fsp3) is 0.941. The second-order valence-electron chi connectivity index (χ2n) is 5.56. The van der Waals surface area contributed by atoms with E-state index in [9.17, 15) is 0 Å². The molecule has 0 saturated heterocycles. The summed E-state index contributed by atoms with van der Waals surface area (Å²) in [5.41, 5.74) is 0. The van der Waals surface area contributed by atoms with Gasteiger partial charge in [0.25, 0.3) is 0 Å². The first-order chi connectivity index (χ1) is 8.35. The highest BCUT2D eigenvalue weighted by Gasteiger charge is 2.07. The normalized spacial score (nSPS) is 11.3. The van der Waals surface area contributed by atoms with Crippen molar-refractivity contribution in [1.29, 1.82) is 0 Å². The Morgan fingerprint density at radius 2 is 1.12 bits per heavy atom. The summed E-state index contributed by atoms with van der Waals surface area (Å²) < 4.78 is 0. The van der Waals surface area contributed by atoms with Crippen molar-refractivity contribution in [2.75, 3.05) is 0 Å². The molecule has 103 valence electrons. The van der Waals surface area contributed by atoms with E-state index < -0.39 is 0 Å². The van der Waals surface area contributed by atoms with Crippen LogP contribution in [0.3, 0.4) is 0 Å². The van der Waals surface area contributed by atoms with E-state index in [-0.39, 0.29) is 0 Å². The SMILES string of the molecule is [CH2]CCCCCCCC(CCCC)CCCC. The molecule has 0 rings (SSSR count). The van der Waals surface area contributed by atoms with Gasteiger partial charge in [0, 0.05) is 0 Å². The molecule has 0 bridgehead atoms. The second kappa shape index (κ2) is 14.1. The van der Waals surface area contributed by atoms with Gasteiger partial charge >= 0.3 is 0 Å². The van der Waals surface area contributed by atoms with Gasteiger partial charge in [-0.05, 0) is 5.92 Å². The van der Waals surface area contributed by atoms with Crippen LogP contribution in [0.25, 0.3) is 0 Å². The first-order valence-electron chi connectivity index (χ1n) is 8.14. The predicted molar refractivity (Wildman–Crippen MR) is 80.2 cm³/mol. The molecule has 0 nitrogen and oxygen atoms in total. The molecule has 0 aliphatic heterocycles. The van der Waals surface area contributed by atoms with E-state index in [1.807, 2.05) is 0 Å². The molecule has 0 amide bonds. The maximum atomic E-state index is 3.90. The van der Waals surface area contributed by atoms with Crippen molar-refractivity contribution in [3.8, 4) is 0 Å². The Labute approximate surface area is 111 Å². The van der Waals surface area contributed by atoms with Crippen LogP contribution in [-0.4, -0.2) is 0 Å². The summed E-state index contributed by atoms with van der Waals surface area (Å²) in [5, 5.41) is 0. The summed E-state index contributed by atoms with van der Waals surface area (Å²) in [6, 6.07) is 0. The quantitative estimate of drug-likeness (QED) is 0.320. The molecule has 0 aromatic rings. The molecule has 0 fully saturated rings. The van der Waals surface area contributed by atoms with Gasteiger partial charge in [-0.15, -0.1) is 0 Å². The van der Waals surface area contributed by atoms with E-state index in [2.05, 4.69) is 20.8 Å². The topological polar surface area (TPSA) is 0 Å². The van der Waals surface area contributed by atoms with E-state index >= 15 is 0 Å². The van der Waals surface area contributed by atoms with Crippen LogP contribution in [-0.2, 0) is 0 Å². The lowest BCUT2D eigenvalue weighted by atomic mass is 9.90. The zero-order valence-corrected chi connectivity index (χ0v) is 12.5. The summed E-state index contributed by atoms with van der Waals surface area (Å²) in [6.45, 7) is 8.53. The van der Waals surface area contributed by atoms with Crippen molar-refractivity contribution >= 4 is 0 Å². The maximum Gasteiger partial charge on any atom is -0.0414 e. The summed E-state index contributed by atoms with van der Waals surface area (Å²) in [7, 11) is 0. The zero-order chi connectivity index (χ0) is 12.8. The number of unbranched alkanes of at least 4 members (excludes halogenated alkanes) is 7. The highest BCUT2D eigenvalue weighted by atomic mass is 14.1. The summed E-state index contributed by atoms with van der Waals surface area (Å²) in [4.78, 5) is 0. The third-order valence-electron chi connectivity index (χ3n) is 3.79. The van der Waals surface area contributed by atoms with Crippen LogP contribution in [0.1, 0.15) is 97.3 Å². The molecule has 0 spiro atoms. The molecule has 0 heterocycles. The van der Waals surface area contributed by atoms with E-state index in [1.54, 1.807) is 0 Å². The second-order valence-corrected chi connectivity index (χ2v) is 5.56. The average molecular weight is 239 g/mol. The Morgan fingerprint density at radius 1 is 0.647 bits per heavy atom. The minimum atomic E-state index is 1.03. The Hall–Kier alpha value is 0. The maximum absolute atomic E-state index is 3.90. The molecule has 0 aliphatic carbocycles. The highest BCUT2D eigenvalue weighted by molar-refractivity contribution is 4.60. The van der Waals surface area contributed by atoms with Gasteiger partial charge in [-0.3, -0.25) is 0 Å². The largest absolute Gasteiger partial charge is 0.0654 e. The van der Waals surface area contributed by atoms with Gasteiger partial charge < -0.3 is 0 Å². The Kier molecular flexibility index (Phi) is 14.1. The van der Waals surface area contributed by atoms with Crippen LogP contribution in [0.2, 0.25) is 0 Å². The Balaban J connectivity index is 3.45. The molecule has 1 radical (unpaired) electrons. The third kappa shape index (κ3) is 12.2. The first kappa shape index (κ1) is 17.0. The fourth-order valence-corrected chi connectivity index (χ4v) is 2.56. The summed E-state index contributed by atoms with van der Waals surface area (Å²) >= 11 is 0. The number of rotatable bonds is 13. The fourth-order valence-electron chi connectivity index (χ4n) is 2.56. The molecule has 0 aliphatic rings. The van der Waals surface area contributed by atoms with Crippen LogP contribution in [0.5, 0.6) is 0 Å². The van der Waals surface area contributed by atoms with Crippen molar-refractivity contribution in [1.82, 2.24) is 0 Å². The number of hydrogen-bond acceptors (Lipinski definition) is 0. The van der Waals surface area contributed by atoms with Crippen LogP contribution in [0.4, 0.5) is 0 Å². The van der Waals surface area contributed by atoms with E-state index in [0.29, 0.717) is 0 Å².